The number of aromatic nitrogens is 1. The Kier molecular flexibility index (Phi) is 4.54. The number of anilines is 2. The van der Waals surface area contributed by atoms with Crippen LogP contribution >= 0.6 is 11.3 Å². The van der Waals surface area contributed by atoms with Gasteiger partial charge in [-0.25, -0.2) is 13.8 Å². The molecule has 1 unspecified atom stereocenters. The second kappa shape index (κ2) is 6.17. The zero-order valence-corrected chi connectivity index (χ0v) is 12.4. The van der Waals surface area contributed by atoms with Gasteiger partial charge in [-0.05, 0) is 32.9 Å². The molecule has 2 aromatic rings. The van der Waals surface area contributed by atoms with Crippen molar-refractivity contribution < 1.29 is 8.78 Å². The summed E-state index contributed by atoms with van der Waals surface area (Å²) in [7, 11) is 0. The average molecular weight is 297 g/mol. The third-order valence-corrected chi connectivity index (χ3v) is 4.00. The molecular weight excluding hydrogens is 280 g/mol. The summed E-state index contributed by atoms with van der Waals surface area (Å²) in [5, 5.41) is 5.75. The zero-order chi connectivity index (χ0) is 14.7. The second-order valence-corrected chi connectivity index (χ2v) is 5.81. The summed E-state index contributed by atoms with van der Waals surface area (Å²) in [5.74, 6) is -1.26. The standard InChI is InChI=1S/C14H17F2N3S/c1-4-17-13-10(15)7-11(16)14(19-13)18-9(3)12-6-5-8(2)20-12/h5-7,9H,4H2,1-3H3,(H2,17,18,19). The first kappa shape index (κ1) is 14.7. The number of thiophene rings is 1. The fraction of sp³-hybridized carbons (Fsp3) is 0.357. The van der Waals surface area contributed by atoms with Crippen molar-refractivity contribution in [1.82, 2.24) is 4.98 Å². The summed E-state index contributed by atoms with van der Waals surface area (Å²) >= 11 is 1.64. The van der Waals surface area contributed by atoms with Crippen LogP contribution in [0.25, 0.3) is 0 Å². The molecule has 0 aliphatic heterocycles. The van der Waals surface area contributed by atoms with Crippen molar-refractivity contribution >= 4 is 23.0 Å². The SMILES string of the molecule is CCNc1nc(NC(C)c2ccc(C)s2)c(F)cc1F. The van der Waals surface area contributed by atoms with Crippen LogP contribution in [-0.4, -0.2) is 11.5 Å². The lowest BCUT2D eigenvalue weighted by Crippen LogP contribution is -2.11. The van der Waals surface area contributed by atoms with Gasteiger partial charge in [0.15, 0.2) is 23.3 Å². The summed E-state index contributed by atoms with van der Waals surface area (Å²) in [6.45, 7) is 6.28. The third-order valence-electron chi connectivity index (χ3n) is 2.81. The molecule has 3 nitrogen and oxygen atoms in total. The van der Waals surface area contributed by atoms with Gasteiger partial charge in [0.2, 0.25) is 0 Å². The molecule has 0 amide bonds. The van der Waals surface area contributed by atoms with E-state index in [1.165, 1.54) is 4.88 Å². The minimum atomic E-state index is -0.690. The fourth-order valence-corrected chi connectivity index (χ4v) is 2.70. The Morgan fingerprint density at radius 3 is 2.55 bits per heavy atom. The lowest BCUT2D eigenvalue weighted by Gasteiger charge is -2.15. The van der Waals surface area contributed by atoms with Crippen LogP contribution in [0.15, 0.2) is 18.2 Å². The molecule has 2 aromatic heterocycles. The van der Waals surface area contributed by atoms with Gasteiger partial charge in [0.25, 0.3) is 0 Å². The van der Waals surface area contributed by atoms with E-state index in [1.807, 2.05) is 32.9 Å². The van der Waals surface area contributed by atoms with Gasteiger partial charge in [0, 0.05) is 22.4 Å². The van der Waals surface area contributed by atoms with Crippen molar-refractivity contribution in [1.29, 1.82) is 0 Å². The molecule has 0 spiro atoms. The highest BCUT2D eigenvalue weighted by atomic mass is 32.1. The van der Waals surface area contributed by atoms with Crippen molar-refractivity contribution in [2.75, 3.05) is 17.2 Å². The van der Waals surface area contributed by atoms with Gasteiger partial charge in [-0.1, -0.05) is 0 Å². The predicted molar refractivity (Wildman–Crippen MR) is 79.4 cm³/mol. The Morgan fingerprint density at radius 1 is 1.25 bits per heavy atom. The van der Waals surface area contributed by atoms with Crippen LogP contribution in [0.4, 0.5) is 20.4 Å². The van der Waals surface area contributed by atoms with Gasteiger partial charge in [0.05, 0.1) is 6.04 Å². The summed E-state index contributed by atoms with van der Waals surface area (Å²) < 4.78 is 27.3. The molecule has 0 aliphatic rings. The molecule has 2 rings (SSSR count). The molecule has 108 valence electrons. The van der Waals surface area contributed by atoms with Crippen LogP contribution in [-0.2, 0) is 0 Å². The fourth-order valence-electron chi connectivity index (χ4n) is 1.82. The van der Waals surface area contributed by atoms with Crippen molar-refractivity contribution in [3.8, 4) is 0 Å². The first-order valence-electron chi connectivity index (χ1n) is 6.44. The van der Waals surface area contributed by atoms with Crippen molar-refractivity contribution in [2.24, 2.45) is 0 Å². The normalized spacial score (nSPS) is 12.2. The van der Waals surface area contributed by atoms with Gasteiger partial charge in [-0.15, -0.1) is 11.3 Å². The molecule has 20 heavy (non-hydrogen) atoms. The highest BCUT2D eigenvalue weighted by Gasteiger charge is 2.15. The first-order valence-corrected chi connectivity index (χ1v) is 7.25. The van der Waals surface area contributed by atoms with Gasteiger partial charge in [0.1, 0.15) is 0 Å². The van der Waals surface area contributed by atoms with Crippen molar-refractivity contribution in [3.05, 3.63) is 39.6 Å². The molecule has 0 bridgehead atoms. The van der Waals surface area contributed by atoms with E-state index in [2.05, 4.69) is 15.6 Å². The van der Waals surface area contributed by atoms with Crippen molar-refractivity contribution in [3.63, 3.8) is 0 Å². The molecule has 0 radical (unpaired) electrons. The monoisotopic (exact) mass is 297 g/mol. The largest absolute Gasteiger partial charge is 0.368 e. The molecular formula is C14H17F2N3S. The van der Waals surface area contributed by atoms with Crippen LogP contribution in [0.5, 0.6) is 0 Å². The minimum absolute atomic E-state index is 0.0564. The lowest BCUT2D eigenvalue weighted by molar-refractivity contribution is 0.576. The average Bonchev–Trinajstić information content (AvgIpc) is 2.82. The molecule has 2 heterocycles. The molecule has 0 fully saturated rings. The lowest BCUT2D eigenvalue weighted by atomic mass is 10.2. The van der Waals surface area contributed by atoms with E-state index >= 15 is 0 Å². The molecule has 1 atom stereocenters. The molecule has 2 N–H and O–H groups in total. The topological polar surface area (TPSA) is 37.0 Å². The van der Waals surface area contributed by atoms with Gasteiger partial charge >= 0.3 is 0 Å². The highest BCUT2D eigenvalue weighted by Crippen LogP contribution is 2.27. The highest BCUT2D eigenvalue weighted by molar-refractivity contribution is 7.12. The Hall–Kier alpha value is -1.69. The first-order chi connectivity index (χ1) is 9.51. The van der Waals surface area contributed by atoms with E-state index in [0.29, 0.717) is 6.54 Å². The number of halogens is 2. The number of pyridine rings is 1. The third kappa shape index (κ3) is 3.25. The van der Waals surface area contributed by atoms with E-state index in [9.17, 15) is 8.78 Å². The van der Waals surface area contributed by atoms with E-state index in [0.717, 1.165) is 10.9 Å². The molecule has 0 aliphatic carbocycles. The maximum atomic E-state index is 13.8. The van der Waals surface area contributed by atoms with Crippen LogP contribution in [0.3, 0.4) is 0 Å². The zero-order valence-electron chi connectivity index (χ0n) is 11.6. The Bertz CT molecular complexity index is 598. The number of aryl methyl sites for hydroxylation is 1. The van der Waals surface area contributed by atoms with E-state index in [4.69, 9.17) is 0 Å². The maximum absolute atomic E-state index is 13.8. The van der Waals surface area contributed by atoms with Gasteiger partial charge < -0.3 is 10.6 Å². The smallest absolute Gasteiger partial charge is 0.168 e. The molecule has 0 aromatic carbocycles. The molecule has 6 heteroatoms. The number of rotatable bonds is 5. The maximum Gasteiger partial charge on any atom is 0.168 e. The number of nitrogens with zero attached hydrogens (tertiary/aromatic N) is 1. The Labute approximate surface area is 121 Å². The van der Waals surface area contributed by atoms with Gasteiger partial charge in [-0.2, -0.15) is 0 Å². The molecule has 0 saturated heterocycles. The number of hydrogen-bond acceptors (Lipinski definition) is 4. The van der Waals surface area contributed by atoms with E-state index in [-0.39, 0.29) is 17.7 Å². The Balaban J connectivity index is 2.22. The quantitative estimate of drug-likeness (QED) is 0.862. The van der Waals surface area contributed by atoms with Crippen LogP contribution in [0.2, 0.25) is 0 Å². The minimum Gasteiger partial charge on any atom is -0.368 e. The predicted octanol–water partition coefficient (Wildman–Crippen LogP) is 4.33. The summed E-state index contributed by atoms with van der Waals surface area (Å²) in [6.07, 6.45) is 0. The number of nitrogens with one attached hydrogen (secondary N) is 2. The summed E-state index contributed by atoms with van der Waals surface area (Å²) in [4.78, 5) is 6.24. The van der Waals surface area contributed by atoms with Crippen molar-refractivity contribution in [2.45, 2.75) is 26.8 Å². The van der Waals surface area contributed by atoms with Gasteiger partial charge in [-0.3, -0.25) is 0 Å². The number of hydrogen-bond donors (Lipinski definition) is 2. The molecule has 0 saturated carbocycles. The van der Waals surface area contributed by atoms with Crippen LogP contribution in [0.1, 0.15) is 29.6 Å². The van der Waals surface area contributed by atoms with E-state index < -0.39 is 11.6 Å². The Morgan fingerprint density at radius 2 is 1.95 bits per heavy atom. The van der Waals surface area contributed by atoms with Crippen LogP contribution < -0.4 is 10.6 Å². The summed E-state index contributed by atoms with van der Waals surface area (Å²) in [6, 6.07) is 4.76. The second-order valence-electron chi connectivity index (χ2n) is 4.49. The van der Waals surface area contributed by atoms with Crippen LogP contribution in [0, 0.1) is 18.6 Å². The van der Waals surface area contributed by atoms with E-state index in [1.54, 1.807) is 11.3 Å². The summed E-state index contributed by atoms with van der Waals surface area (Å²) in [5.41, 5.74) is 0.